The Morgan fingerprint density at radius 3 is 1.93 bits per heavy atom. The van der Waals surface area contributed by atoms with Gasteiger partial charge in [-0.2, -0.15) is 0 Å². The zero-order chi connectivity index (χ0) is 19.1. The van der Waals surface area contributed by atoms with Gasteiger partial charge in [-0.1, -0.05) is 60.7 Å². The highest BCUT2D eigenvalue weighted by atomic mass is 19.1. The monoisotopic (exact) mass is 369 g/mol. The average Bonchev–Trinajstić information content (AvgIpc) is 3.27. The Morgan fingerprint density at radius 2 is 1.48 bits per heavy atom. The molecule has 1 aliphatic carbocycles. The molecule has 1 fully saturated rings. The Hall–Kier alpha value is -2.73. The molecule has 2 aromatic carbocycles. The lowest BCUT2D eigenvalue weighted by Crippen LogP contribution is -2.23. The van der Waals surface area contributed by atoms with Gasteiger partial charge < -0.3 is 9.47 Å². The van der Waals surface area contributed by atoms with Crippen LogP contribution in [0.2, 0.25) is 0 Å². The second-order valence-electron chi connectivity index (χ2n) is 6.60. The minimum Gasteiger partial charge on any atom is -0.376 e. The summed E-state index contributed by atoms with van der Waals surface area (Å²) in [6.45, 7) is 0.622. The average molecular weight is 369 g/mol. The number of azide groups is 1. The SMILES string of the molecule is [N-]=[N+]=NC(=O)C1C(F)C1(COCc1ccccc1)COCc1ccccc1. The fourth-order valence-electron chi connectivity index (χ4n) is 3.16. The van der Waals surface area contributed by atoms with Crippen molar-refractivity contribution < 1.29 is 18.7 Å². The van der Waals surface area contributed by atoms with Crippen LogP contribution in [0.15, 0.2) is 65.8 Å². The molecule has 3 rings (SSSR count). The smallest absolute Gasteiger partial charge is 0.225 e. The number of nitrogens with zero attached hydrogens (tertiary/aromatic N) is 3. The van der Waals surface area contributed by atoms with E-state index < -0.39 is 23.4 Å². The molecule has 0 radical (unpaired) electrons. The number of ether oxygens (including phenoxy) is 2. The summed E-state index contributed by atoms with van der Waals surface area (Å²) < 4.78 is 25.9. The lowest BCUT2D eigenvalue weighted by molar-refractivity contribution is -0.121. The molecule has 1 saturated carbocycles. The zero-order valence-electron chi connectivity index (χ0n) is 14.7. The Balaban J connectivity index is 1.62. The lowest BCUT2D eigenvalue weighted by atomic mass is 10.1. The summed E-state index contributed by atoms with van der Waals surface area (Å²) in [6.07, 6.45) is -1.46. The molecule has 0 aromatic heterocycles. The van der Waals surface area contributed by atoms with Crippen molar-refractivity contribution in [3.8, 4) is 0 Å². The van der Waals surface area contributed by atoms with Gasteiger partial charge in [0.2, 0.25) is 5.91 Å². The van der Waals surface area contributed by atoms with Crippen molar-refractivity contribution >= 4 is 5.91 Å². The van der Waals surface area contributed by atoms with Gasteiger partial charge >= 0.3 is 0 Å². The number of carbonyl (C=O) groups is 1. The van der Waals surface area contributed by atoms with Crippen LogP contribution in [0.25, 0.3) is 10.4 Å². The molecule has 2 aromatic rings. The minimum atomic E-state index is -1.46. The Bertz CT molecular complexity index is 764. The molecule has 0 bridgehead atoms. The molecule has 140 valence electrons. The number of carbonyl (C=O) groups excluding carboxylic acids is 1. The number of alkyl halides is 1. The second-order valence-corrected chi connectivity index (χ2v) is 6.60. The van der Waals surface area contributed by atoms with Crippen LogP contribution >= 0.6 is 0 Å². The third-order valence-electron chi connectivity index (χ3n) is 4.73. The van der Waals surface area contributed by atoms with E-state index in [0.717, 1.165) is 11.1 Å². The molecule has 0 aliphatic heterocycles. The maximum Gasteiger partial charge on any atom is 0.225 e. The van der Waals surface area contributed by atoms with Gasteiger partial charge in [-0.15, -0.1) is 0 Å². The Labute approximate surface area is 156 Å². The van der Waals surface area contributed by atoms with E-state index in [-0.39, 0.29) is 13.2 Å². The van der Waals surface area contributed by atoms with Gasteiger partial charge in [0.1, 0.15) is 6.17 Å². The molecule has 0 N–H and O–H groups in total. The molecule has 1 aliphatic rings. The summed E-state index contributed by atoms with van der Waals surface area (Å²) in [6, 6.07) is 19.0. The summed E-state index contributed by atoms with van der Waals surface area (Å²) in [5.74, 6) is -1.84. The predicted octanol–water partition coefficient (Wildman–Crippen LogP) is 4.21. The van der Waals surface area contributed by atoms with Crippen molar-refractivity contribution in [3.63, 3.8) is 0 Å². The normalized spacial score (nSPS) is 19.9. The lowest BCUT2D eigenvalue weighted by Gasteiger charge is -2.17. The third kappa shape index (κ3) is 4.52. The summed E-state index contributed by atoms with van der Waals surface area (Å²) in [7, 11) is 0. The van der Waals surface area contributed by atoms with Crippen LogP contribution in [-0.2, 0) is 27.5 Å². The van der Waals surface area contributed by atoms with Crippen LogP contribution in [0.3, 0.4) is 0 Å². The third-order valence-corrected chi connectivity index (χ3v) is 4.73. The van der Waals surface area contributed by atoms with Crippen LogP contribution in [-0.4, -0.2) is 25.3 Å². The number of halogens is 1. The van der Waals surface area contributed by atoms with E-state index in [2.05, 4.69) is 10.0 Å². The van der Waals surface area contributed by atoms with Gasteiger partial charge in [-0.05, 0) is 21.8 Å². The first-order valence-corrected chi connectivity index (χ1v) is 8.64. The molecule has 1 amide bonds. The standard InChI is InChI=1S/C20H20FN3O3/c21-18-17(19(25)23-24-22)20(18,13-26-11-15-7-3-1-4-8-15)14-27-12-16-9-5-2-6-10-16/h1-10,17-18H,11-14H2. The molecule has 27 heavy (non-hydrogen) atoms. The van der Waals surface area contributed by atoms with E-state index in [1.165, 1.54) is 0 Å². The van der Waals surface area contributed by atoms with Gasteiger partial charge in [-0.25, -0.2) is 4.39 Å². The van der Waals surface area contributed by atoms with Crippen molar-refractivity contribution in [1.82, 2.24) is 0 Å². The molecule has 0 heterocycles. The molecule has 0 spiro atoms. The van der Waals surface area contributed by atoms with Gasteiger partial charge in [0, 0.05) is 4.91 Å². The van der Waals surface area contributed by atoms with E-state index >= 15 is 0 Å². The van der Waals surface area contributed by atoms with Crippen LogP contribution in [0.4, 0.5) is 4.39 Å². The molecule has 0 saturated heterocycles. The number of rotatable bonds is 9. The van der Waals surface area contributed by atoms with Gasteiger partial charge in [0.15, 0.2) is 0 Å². The zero-order valence-corrected chi connectivity index (χ0v) is 14.7. The van der Waals surface area contributed by atoms with E-state index in [4.69, 9.17) is 15.0 Å². The van der Waals surface area contributed by atoms with Crippen molar-refractivity contribution in [2.75, 3.05) is 13.2 Å². The number of hydrogen-bond acceptors (Lipinski definition) is 3. The van der Waals surface area contributed by atoms with Crippen LogP contribution in [0.5, 0.6) is 0 Å². The number of benzene rings is 2. The fourth-order valence-corrected chi connectivity index (χ4v) is 3.16. The van der Waals surface area contributed by atoms with Crippen molar-refractivity contribution in [2.24, 2.45) is 16.4 Å². The van der Waals surface area contributed by atoms with Crippen molar-refractivity contribution in [1.29, 1.82) is 0 Å². The van der Waals surface area contributed by atoms with E-state index in [1.54, 1.807) is 0 Å². The van der Waals surface area contributed by atoms with Crippen molar-refractivity contribution in [3.05, 3.63) is 82.2 Å². The molecule has 6 nitrogen and oxygen atoms in total. The molecule has 2 unspecified atom stereocenters. The van der Waals surface area contributed by atoms with Crippen molar-refractivity contribution in [2.45, 2.75) is 19.4 Å². The predicted molar refractivity (Wildman–Crippen MR) is 97.2 cm³/mol. The largest absolute Gasteiger partial charge is 0.376 e. The highest BCUT2D eigenvalue weighted by molar-refractivity contribution is 5.84. The quantitative estimate of drug-likeness (QED) is 0.377. The summed E-state index contributed by atoms with van der Waals surface area (Å²) in [5, 5.41) is 3.06. The van der Waals surface area contributed by atoms with Gasteiger partial charge in [0.05, 0.1) is 37.8 Å². The molecule has 2 atom stereocenters. The first kappa shape index (κ1) is 19.0. The summed E-state index contributed by atoms with van der Waals surface area (Å²) >= 11 is 0. The Morgan fingerprint density at radius 1 is 1.00 bits per heavy atom. The number of hydrogen-bond donors (Lipinski definition) is 0. The molecular formula is C20H20FN3O3. The van der Waals surface area contributed by atoms with E-state index in [9.17, 15) is 9.18 Å². The van der Waals surface area contributed by atoms with Gasteiger partial charge in [-0.3, -0.25) is 4.79 Å². The summed E-state index contributed by atoms with van der Waals surface area (Å²) in [5.41, 5.74) is 9.26. The fraction of sp³-hybridized carbons (Fsp3) is 0.350. The first-order chi connectivity index (χ1) is 13.2. The maximum atomic E-state index is 14.6. The minimum absolute atomic E-state index is 0.00913. The van der Waals surface area contributed by atoms with E-state index in [0.29, 0.717) is 13.2 Å². The van der Waals surface area contributed by atoms with Crippen LogP contribution in [0.1, 0.15) is 11.1 Å². The van der Waals surface area contributed by atoms with Crippen LogP contribution < -0.4 is 0 Å². The van der Waals surface area contributed by atoms with Crippen LogP contribution in [0, 0.1) is 11.3 Å². The van der Waals surface area contributed by atoms with E-state index in [1.807, 2.05) is 60.7 Å². The molecular weight excluding hydrogens is 349 g/mol. The highest BCUT2D eigenvalue weighted by Crippen LogP contribution is 2.56. The second kappa shape index (κ2) is 8.77. The first-order valence-electron chi connectivity index (χ1n) is 8.64. The summed E-state index contributed by atoms with van der Waals surface area (Å²) in [4.78, 5) is 14.4. The highest BCUT2D eigenvalue weighted by Gasteiger charge is 2.69. The molecule has 7 heteroatoms. The Kier molecular flexibility index (Phi) is 6.19. The van der Waals surface area contributed by atoms with Gasteiger partial charge in [0.25, 0.3) is 0 Å². The maximum absolute atomic E-state index is 14.6. The number of amides is 1. The topological polar surface area (TPSA) is 84.3 Å².